The van der Waals surface area contributed by atoms with E-state index in [0.717, 1.165) is 10.5 Å². The Balaban J connectivity index is 2.31. The molecular weight excluding hydrogens is 301 g/mol. The van der Waals surface area contributed by atoms with Gasteiger partial charge in [0, 0.05) is 19.3 Å². The number of aryl methyl sites for hydroxylation is 1. The standard InChI is InChI=1S/C14H17F3N2O3/c1-8-6-10(12(20)18(3)9(8)2)13(21)19-4-5-22-11(7-19)14(15,16)17/h6,11H,4-5,7H2,1-3H3/t11-/m1/s1. The molecule has 1 atom stereocenters. The second-order valence-electron chi connectivity index (χ2n) is 5.34. The third kappa shape index (κ3) is 3.01. The molecule has 0 N–H and O–H groups in total. The van der Waals surface area contributed by atoms with E-state index in [9.17, 15) is 22.8 Å². The fourth-order valence-electron chi connectivity index (χ4n) is 2.34. The van der Waals surface area contributed by atoms with E-state index in [4.69, 9.17) is 0 Å². The van der Waals surface area contributed by atoms with Gasteiger partial charge in [0.25, 0.3) is 11.5 Å². The zero-order valence-corrected chi connectivity index (χ0v) is 12.5. The number of carbonyl (C=O) groups is 1. The van der Waals surface area contributed by atoms with Gasteiger partial charge in [0.2, 0.25) is 0 Å². The summed E-state index contributed by atoms with van der Waals surface area (Å²) in [5, 5.41) is 0. The molecular formula is C14H17F3N2O3. The van der Waals surface area contributed by atoms with Crippen LogP contribution >= 0.6 is 0 Å². The van der Waals surface area contributed by atoms with Gasteiger partial charge < -0.3 is 14.2 Å². The topological polar surface area (TPSA) is 51.5 Å². The zero-order chi connectivity index (χ0) is 16.7. The van der Waals surface area contributed by atoms with E-state index in [0.29, 0.717) is 5.69 Å². The quantitative estimate of drug-likeness (QED) is 0.787. The molecule has 5 nitrogen and oxygen atoms in total. The summed E-state index contributed by atoms with van der Waals surface area (Å²) in [6.45, 7) is 2.70. The van der Waals surface area contributed by atoms with Crippen molar-refractivity contribution in [2.24, 2.45) is 7.05 Å². The van der Waals surface area contributed by atoms with E-state index in [2.05, 4.69) is 4.74 Å². The average Bonchev–Trinajstić information content (AvgIpc) is 2.47. The highest BCUT2D eigenvalue weighted by Crippen LogP contribution is 2.26. The van der Waals surface area contributed by atoms with E-state index in [-0.39, 0.29) is 18.7 Å². The van der Waals surface area contributed by atoms with Crippen LogP contribution in [0.2, 0.25) is 0 Å². The molecule has 1 aliphatic heterocycles. The summed E-state index contributed by atoms with van der Waals surface area (Å²) in [4.78, 5) is 25.6. The molecule has 1 amide bonds. The maximum atomic E-state index is 12.7. The third-order valence-electron chi connectivity index (χ3n) is 3.92. The lowest BCUT2D eigenvalue weighted by atomic mass is 10.1. The fraction of sp³-hybridized carbons (Fsp3) is 0.571. The van der Waals surface area contributed by atoms with Crippen LogP contribution in [0, 0.1) is 13.8 Å². The Morgan fingerprint density at radius 2 is 2.00 bits per heavy atom. The molecule has 1 aromatic rings. The Morgan fingerprint density at radius 3 is 2.59 bits per heavy atom. The number of nitrogens with zero attached hydrogens (tertiary/aromatic N) is 2. The number of carbonyl (C=O) groups excluding carboxylic acids is 1. The van der Waals surface area contributed by atoms with Gasteiger partial charge in [-0.2, -0.15) is 13.2 Å². The summed E-state index contributed by atoms with van der Waals surface area (Å²) in [7, 11) is 1.53. The first-order valence-electron chi connectivity index (χ1n) is 6.77. The van der Waals surface area contributed by atoms with Gasteiger partial charge in [0.05, 0.1) is 13.2 Å². The van der Waals surface area contributed by atoms with Gasteiger partial charge in [-0.15, -0.1) is 0 Å². The monoisotopic (exact) mass is 318 g/mol. The zero-order valence-electron chi connectivity index (χ0n) is 12.5. The van der Waals surface area contributed by atoms with E-state index in [1.807, 2.05) is 0 Å². The summed E-state index contributed by atoms with van der Waals surface area (Å²) >= 11 is 0. The van der Waals surface area contributed by atoms with Gasteiger partial charge in [0.15, 0.2) is 6.10 Å². The molecule has 0 unspecified atom stereocenters. The van der Waals surface area contributed by atoms with Gasteiger partial charge in [-0.1, -0.05) is 0 Å². The van der Waals surface area contributed by atoms with E-state index in [1.165, 1.54) is 17.7 Å². The van der Waals surface area contributed by atoms with Crippen molar-refractivity contribution in [3.05, 3.63) is 33.2 Å². The van der Waals surface area contributed by atoms with Crippen LogP contribution in [0.3, 0.4) is 0 Å². The molecule has 2 rings (SSSR count). The maximum Gasteiger partial charge on any atom is 0.416 e. The first kappa shape index (κ1) is 16.5. The van der Waals surface area contributed by atoms with Gasteiger partial charge in [-0.05, 0) is 25.5 Å². The van der Waals surface area contributed by atoms with Gasteiger partial charge >= 0.3 is 6.18 Å². The fourth-order valence-corrected chi connectivity index (χ4v) is 2.34. The molecule has 1 fully saturated rings. The Morgan fingerprint density at radius 1 is 1.36 bits per heavy atom. The van der Waals surface area contributed by atoms with Crippen LogP contribution in [-0.2, 0) is 11.8 Å². The highest BCUT2D eigenvalue weighted by molar-refractivity contribution is 5.94. The summed E-state index contributed by atoms with van der Waals surface area (Å²) in [6, 6.07) is 1.43. The van der Waals surface area contributed by atoms with Crippen LogP contribution in [0.15, 0.2) is 10.9 Å². The minimum Gasteiger partial charge on any atom is -0.365 e. The second kappa shape index (κ2) is 5.75. The molecule has 2 heterocycles. The van der Waals surface area contributed by atoms with Crippen LogP contribution in [0.1, 0.15) is 21.6 Å². The number of morpholine rings is 1. The van der Waals surface area contributed by atoms with E-state index >= 15 is 0 Å². The number of halogens is 3. The summed E-state index contributed by atoms with van der Waals surface area (Å²) < 4.78 is 44.1. The highest BCUT2D eigenvalue weighted by atomic mass is 19.4. The molecule has 1 aliphatic rings. The van der Waals surface area contributed by atoms with Crippen molar-refractivity contribution in [3.8, 4) is 0 Å². The SMILES string of the molecule is Cc1cc(C(=O)N2CCO[C@@H](C(F)(F)F)C2)c(=O)n(C)c1C. The molecule has 0 bridgehead atoms. The number of ether oxygens (including phenoxy) is 1. The summed E-state index contributed by atoms with van der Waals surface area (Å²) in [5.74, 6) is -0.693. The lowest BCUT2D eigenvalue weighted by Gasteiger charge is -2.33. The minimum absolute atomic E-state index is 0.0293. The normalized spacial score (nSPS) is 19.4. The minimum atomic E-state index is -4.53. The molecule has 1 saturated heterocycles. The van der Waals surface area contributed by atoms with Crippen LogP contribution < -0.4 is 5.56 Å². The maximum absolute atomic E-state index is 12.7. The van der Waals surface area contributed by atoms with Crippen molar-refractivity contribution in [2.45, 2.75) is 26.1 Å². The Kier molecular flexibility index (Phi) is 4.32. The molecule has 0 aliphatic carbocycles. The Labute approximate surface area is 125 Å². The molecule has 8 heteroatoms. The number of amides is 1. The molecule has 122 valence electrons. The van der Waals surface area contributed by atoms with Crippen molar-refractivity contribution >= 4 is 5.91 Å². The van der Waals surface area contributed by atoms with Gasteiger partial charge in [-0.25, -0.2) is 0 Å². The molecule has 0 radical (unpaired) electrons. The number of aromatic nitrogens is 1. The number of hydrogen-bond donors (Lipinski definition) is 0. The highest BCUT2D eigenvalue weighted by Gasteiger charge is 2.44. The van der Waals surface area contributed by atoms with Crippen molar-refractivity contribution in [3.63, 3.8) is 0 Å². The molecule has 22 heavy (non-hydrogen) atoms. The van der Waals surface area contributed by atoms with Crippen molar-refractivity contribution in [1.29, 1.82) is 0 Å². The lowest BCUT2D eigenvalue weighted by Crippen LogP contribution is -2.52. The Hall–Kier alpha value is -1.83. The predicted molar refractivity (Wildman–Crippen MR) is 72.9 cm³/mol. The number of pyridine rings is 1. The largest absolute Gasteiger partial charge is 0.416 e. The van der Waals surface area contributed by atoms with Crippen LogP contribution in [-0.4, -0.2) is 47.4 Å². The number of rotatable bonds is 1. The first-order valence-corrected chi connectivity index (χ1v) is 6.77. The lowest BCUT2D eigenvalue weighted by molar-refractivity contribution is -0.233. The first-order chi connectivity index (χ1) is 10.1. The molecule has 0 spiro atoms. The number of hydrogen-bond acceptors (Lipinski definition) is 3. The number of alkyl halides is 3. The predicted octanol–water partition coefficient (Wildman–Crippen LogP) is 1.41. The molecule has 0 aromatic carbocycles. The smallest absolute Gasteiger partial charge is 0.365 e. The second-order valence-corrected chi connectivity index (χ2v) is 5.34. The molecule has 1 aromatic heterocycles. The van der Waals surface area contributed by atoms with Crippen molar-refractivity contribution < 1.29 is 22.7 Å². The van der Waals surface area contributed by atoms with Crippen molar-refractivity contribution in [1.82, 2.24) is 9.47 Å². The van der Waals surface area contributed by atoms with Crippen LogP contribution in [0.5, 0.6) is 0 Å². The summed E-state index contributed by atoms with van der Waals surface area (Å²) in [5.41, 5.74) is 0.805. The van der Waals surface area contributed by atoms with Gasteiger partial charge in [0.1, 0.15) is 5.56 Å². The van der Waals surface area contributed by atoms with E-state index in [1.54, 1.807) is 13.8 Å². The third-order valence-corrected chi connectivity index (χ3v) is 3.92. The van der Waals surface area contributed by atoms with Gasteiger partial charge in [-0.3, -0.25) is 9.59 Å². The van der Waals surface area contributed by atoms with E-state index < -0.39 is 30.3 Å². The Bertz CT molecular complexity index is 652. The average molecular weight is 318 g/mol. The molecule has 0 saturated carbocycles. The van der Waals surface area contributed by atoms with Crippen LogP contribution in [0.25, 0.3) is 0 Å². The van der Waals surface area contributed by atoms with Crippen molar-refractivity contribution in [2.75, 3.05) is 19.7 Å². The van der Waals surface area contributed by atoms with Crippen LogP contribution in [0.4, 0.5) is 13.2 Å². The summed E-state index contributed by atoms with van der Waals surface area (Å²) in [6.07, 6.45) is -6.55.